The molecule has 5 heteroatoms. The fourth-order valence-electron chi connectivity index (χ4n) is 2.21. The van der Waals surface area contributed by atoms with Gasteiger partial charge in [-0.2, -0.15) is 5.10 Å². The highest BCUT2D eigenvalue weighted by molar-refractivity contribution is 6.30. The molecule has 120 valence electrons. The molecular formula is C17H25ClN4. The third-order valence-electron chi connectivity index (χ3n) is 3.80. The summed E-state index contributed by atoms with van der Waals surface area (Å²) in [6.45, 7) is 9.33. The lowest BCUT2D eigenvalue weighted by Gasteiger charge is -2.23. The normalized spacial score (nSPS) is 13.6. The van der Waals surface area contributed by atoms with Crippen molar-refractivity contribution in [2.45, 2.75) is 52.1 Å². The van der Waals surface area contributed by atoms with Crippen molar-refractivity contribution < 1.29 is 0 Å². The molecule has 0 amide bonds. The zero-order chi connectivity index (χ0) is 16.3. The van der Waals surface area contributed by atoms with Crippen molar-refractivity contribution in [3.05, 3.63) is 46.5 Å². The van der Waals surface area contributed by atoms with Crippen LogP contribution in [0.15, 0.2) is 24.3 Å². The first kappa shape index (κ1) is 17.0. The minimum absolute atomic E-state index is 0.0256. The lowest BCUT2D eigenvalue weighted by molar-refractivity contribution is 0.242. The smallest absolute Gasteiger partial charge is 0.156 e. The van der Waals surface area contributed by atoms with E-state index in [-0.39, 0.29) is 5.41 Å². The molecule has 2 aromatic rings. The number of nitrogens with zero attached hydrogens (tertiary/aromatic N) is 3. The number of aromatic nitrogens is 3. The number of benzene rings is 1. The second-order valence-corrected chi connectivity index (χ2v) is 7.39. The Hall–Kier alpha value is -1.39. The molecule has 2 rings (SSSR count). The predicted octanol–water partition coefficient (Wildman–Crippen LogP) is 3.82. The van der Waals surface area contributed by atoms with Crippen molar-refractivity contribution >= 4 is 11.6 Å². The third-order valence-corrected chi connectivity index (χ3v) is 4.05. The van der Waals surface area contributed by atoms with Crippen LogP contribution in [0.5, 0.6) is 0 Å². The van der Waals surface area contributed by atoms with E-state index in [1.165, 1.54) is 5.56 Å². The van der Waals surface area contributed by atoms with E-state index >= 15 is 0 Å². The summed E-state index contributed by atoms with van der Waals surface area (Å²) in [7, 11) is 2.11. The molecule has 0 unspecified atom stereocenters. The fourth-order valence-corrected chi connectivity index (χ4v) is 2.34. The van der Waals surface area contributed by atoms with Crippen molar-refractivity contribution in [1.29, 1.82) is 0 Å². The first-order valence-electron chi connectivity index (χ1n) is 7.62. The molecule has 1 N–H and O–H groups in total. The van der Waals surface area contributed by atoms with Gasteiger partial charge >= 0.3 is 0 Å². The van der Waals surface area contributed by atoms with Gasteiger partial charge in [0.2, 0.25) is 0 Å². The van der Waals surface area contributed by atoms with E-state index in [0.717, 1.165) is 29.6 Å². The number of hydrogen-bond donors (Lipinski definition) is 1. The monoisotopic (exact) mass is 320 g/mol. The van der Waals surface area contributed by atoms with Crippen LogP contribution in [-0.2, 0) is 18.4 Å². The molecule has 1 aromatic carbocycles. The quantitative estimate of drug-likeness (QED) is 0.911. The topological polar surface area (TPSA) is 44.8 Å². The Balaban J connectivity index is 1.95. The van der Waals surface area contributed by atoms with Crippen molar-refractivity contribution in [3.8, 4) is 0 Å². The Morgan fingerprint density at radius 3 is 2.41 bits per heavy atom. The van der Waals surface area contributed by atoms with Crippen LogP contribution < -0.4 is 0 Å². The van der Waals surface area contributed by atoms with Gasteiger partial charge in [0.25, 0.3) is 0 Å². The Morgan fingerprint density at radius 2 is 1.86 bits per heavy atom. The van der Waals surface area contributed by atoms with Crippen LogP contribution in [0.1, 0.15) is 44.9 Å². The van der Waals surface area contributed by atoms with Gasteiger partial charge in [-0.25, -0.2) is 4.98 Å². The van der Waals surface area contributed by atoms with E-state index in [1.807, 2.05) is 12.1 Å². The number of H-pyrrole nitrogens is 1. The summed E-state index contributed by atoms with van der Waals surface area (Å²) in [5, 5.41) is 8.14. The summed E-state index contributed by atoms with van der Waals surface area (Å²) >= 11 is 5.93. The lowest BCUT2D eigenvalue weighted by atomic mass is 9.96. The highest BCUT2D eigenvalue weighted by Gasteiger charge is 2.20. The van der Waals surface area contributed by atoms with E-state index in [9.17, 15) is 0 Å². The van der Waals surface area contributed by atoms with Crippen LogP contribution in [0.25, 0.3) is 0 Å². The van der Waals surface area contributed by atoms with Crippen molar-refractivity contribution in [2.24, 2.45) is 0 Å². The maximum Gasteiger partial charge on any atom is 0.156 e. The molecule has 4 nitrogen and oxygen atoms in total. The molecule has 0 spiro atoms. The van der Waals surface area contributed by atoms with Gasteiger partial charge in [0, 0.05) is 16.5 Å². The summed E-state index contributed by atoms with van der Waals surface area (Å²) in [6, 6.07) is 8.45. The van der Waals surface area contributed by atoms with Crippen LogP contribution in [0.4, 0.5) is 0 Å². The molecule has 0 aliphatic heterocycles. The van der Waals surface area contributed by atoms with Crippen LogP contribution >= 0.6 is 11.6 Å². The van der Waals surface area contributed by atoms with E-state index in [4.69, 9.17) is 11.6 Å². The molecule has 0 saturated heterocycles. The van der Waals surface area contributed by atoms with E-state index in [1.54, 1.807) is 0 Å². The molecule has 1 atom stereocenters. The molecule has 22 heavy (non-hydrogen) atoms. The zero-order valence-electron chi connectivity index (χ0n) is 14.0. The number of nitrogens with one attached hydrogen (secondary N) is 1. The van der Waals surface area contributed by atoms with Gasteiger partial charge < -0.3 is 0 Å². The standard InChI is InChI=1S/C17H25ClN4/c1-12(10-13-6-8-14(18)9-7-13)22(5)11-15-19-16(21-20-15)17(2,3)4/h6-9,12H,10-11H2,1-5H3,(H,19,20,21)/t12-/m1/s1. The molecule has 0 bridgehead atoms. The Kier molecular flexibility index (Phi) is 5.24. The summed E-state index contributed by atoms with van der Waals surface area (Å²) in [5.74, 6) is 1.77. The average molecular weight is 321 g/mol. The molecule has 0 radical (unpaired) electrons. The Morgan fingerprint density at radius 1 is 1.23 bits per heavy atom. The second-order valence-electron chi connectivity index (χ2n) is 6.95. The number of rotatable bonds is 5. The summed E-state index contributed by atoms with van der Waals surface area (Å²) < 4.78 is 0. The molecule has 0 aliphatic carbocycles. The summed E-state index contributed by atoms with van der Waals surface area (Å²) in [4.78, 5) is 6.88. The van der Waals surface area contributed by atoms with Gasteiger partial charge in [0.15, 0.2) is 5.82 Å². The van der Waals surface area contributed by atoms with Crippen molar-refractivity contribution in [3.63, 3.8) is 0 Å². The SMILES string of the molecule is C[C@H](Cc1ccc(Cl)cc1)N(C)Cc1nc(C(C)(C)C)n[nH]1. The van der Waals surface area contributed by atoms with E-state index in [2.05, 4.69) is 67.0 Å². The molecule has 1 aromatic heterocycles. The highest BCUT2D eigenvalue weighted by Crippen LogP contribution is 2.18. The van der Waals surface area contributed by atoms with Gasteiger partial charge in [-0.15, -0.1) is 0 Å². The summed E-state index contributed by atoms with van der Waals surface area (Å²) in [6.07, 6.45) is 0.980. The number of likely N-dealkylation sites (N-methyl/N-ethyl adjacent to an activating group) is 1. The van der Waals surface area contributed by atoms with Gasteiger partial charge in [-0.3, -0.25) is 10.00 Å². The first-order valence-corrected chi connectivity index (χ1v) is 8.00. The maximum atomic E-state index is 5.93. The minimum atomic E-state index is -0.0256. The molecular weight excluding hydrogens is 296 g/mol. The van der Waals surface area contributed by atoms with Gasteiger partial charge in [0.1, 0.15) is 5.82 Å². The molecule has 1 heterocycles. The van der Waals surface area contributed by atoms with Crippen molar-refractivity contribution in [1.82, 2.24) is 20.1 Å². The Labute approximate surface area is 137 Å². The van der Waals surface area contributed by atoms with E-state index in [0.29, 0.717) is 6.04 Å². The first-order chi connectivity index (χ1) is 10.3. The number of aromatic amines is 1. The second kappa shape index (κ2) is 6.80. The Bertz CT molecular complexity index is 598. The molecule has 0 aliphatic rings. The van der Waals surface area contributed by atoms with Crippen LogP contribution in [0, 0.1) is 0 Å². The van der Waals surface area contributed by atoms with Gasteiger partial charge in [-0.1, -0.05) is 44.5 Å². The summed E-state index contributed by atoms with van der Waals surface area (Å²) in [5.41, 5.74) is 1.26. The van der Waals surface area contributed by atoms with Crippen LogP contribution in [-0.4, -0.2) is 33.2 Å². The maximum absolute atomic E-state index is 5.93. The molecule has 0 saturated carbocycles. The fraction of sp³-hybridized carbons (Fsp3) is 0.529. The zero-order valence-corrected chi connectivity index (χ0v) is 14.8. The van der Waals surface area contributed by atoms with Gasteiger partial charge in [-0.05, 0) is 38.1 Å². The highest BCUT2D eigenvalue weighted by atomic mass is 35.5. The van der Waals surface area contributed by atoms with Crippen molar-refractivity contribution in [2.75, 3.05) is 7.05 Å². The number of hydrogen-bond acceptors (Lipinski definition) is 3. The number of halogens is 1. The minimum Gasteiger partial charge on any atom is -0.296 e. The lowest BCUT2D eigenvalue weighted by Crippen LogP contribution is -2.30. The predicted molar refractivity (Wildman–Crippen MR) is 91.2 cm³/mol. The van der Waals surface area contributed by atoms with E-state index < -0.39 is 0 Å². The molecule has 0 fully saturated rings. The third kappa shape index (κ3) is 4.55. The van der Waals surface area contributed by atoms with Crippen LogP contribution in [0.3, 0.4) is 0 Å². The van der Waals surface area contributed by atoms with Crippen LogP contribution in [0.2, 0.25) is 5.02 Å². The largest absolute Gasteiger partial charge is 0.296 e. The average Bonchev–Trinajstić information content (AvgIpc) is 2.90. The van der Waals surface area contributed by atoms with Gasteiger partial charge in [0.05, 0.1) is 6.54 Å².